The van der Waals surface area contributed by atoms with E-state index >= 15 is 0 Å². The van der Waals surface area contributed by atoms with Crippen LogP contribution in [0.25, 0.3) is 0 Å². The summed E-state index contributed by atoms with van der Waals surface area (Å²) in [6.07, 6.45) is 28.1. The summed E-state index contributed by atoms with van der Waals surface area (Å²) in [5, 5.41) is 0. The number of carbonyl (C=O) groups is 1. The van der Waals surface area contributed by atoms with Crippen LogP contribution in [0.15, 0.2) is 61.3 Å². The molecule has 0 saturated heterocycles. The van der Waals surface area contributed by atoms with Gasteiger partial charge in [-0.1, -0.05) is 61.1 Å². The van der Waals surface area contributed by atoms with Gasteiger partial charge in [-0.25, -0.2) is 0 Å². The minimum atomic E-state index is -0.104. The van der Waals surface area contributed by atoms with Crippen LogP contribution in [0.5, 0.6) is 0 Å². The molecule has 0 amide bonds. The first kappa shape index (κ1) is 21.2. The highest BCUT2D eigenvalue weighted by molar-refractivity contribution is 5.68. The van der Waals surface area contributed by atoms with E-state index < -0.39 is 0 Å². The van der Waals surface area contributed by atoms with Gasteiger partial charge in [-0.05, 0) is 44.9 Å². The summed E-state index contributed by atoms with van der Waals surface area (Å²) in [6, 6.07) is 0. The Bertz CT molecular complexity index is 400. The van der Waals surface area contributed by atoms with E-state index in [1.54, 1.807) is 0 Å². The third kappa shape index (κ3) is 18.1. The molecule has 0 radical (unpaired) electrons. The van der Waals surface area contributed by atoms with E-state index in [2.05, 4.69) is 59.9 Å². The van der Waals surface area contributed by atoms with Crippen LogP contribution in [-0.4, -0.2) is 13.1 Å². The summed E-state index contributed by atoms with van der Waals surface area (Å²) in [5.41, 5.74) is 0. The van der Waals surface area contributed by atoms with Crippen LogP contribution in [0, 0.1) is 0 Å². The first-order valence-electron chi connectivity index (χ1n) is 8.59. The highest BCUT2D eigenvalue weighted by atomic mass is 16.5. The van der Waals surface area contributed by atoms with Crippen molar-refractivity contribution < 1.29 is 9.53 Å². The van der Waals surface area contributed by atoms with Gasteiger partial charge in [-0.3, -0.25) is 4.79 Å². The number of hydrogen-bond acceptors (Lipinski definition) is 2. The second kappa shape index (κ2) is 18.2. The Morgan fingerprint density at radius 2 is 1.30 bits per heavy atom. The summed E-state index contributed by atoms with van der Waals surface area (Å²) >= 11 is 0. The van der Waals surface area contributed by atoms with E-state index in [1.807, 2.05) is 6.08 Å². The van der Waals surface area contributed by atoms with Crippen LogP contribution in [0.2, 0.25) is 0 Å². The minimum absolute atomic E-state index is 0.104. The third-order valence-electron chi connectivity index (χ3n) is 3.27. The van der Waals surface area contributed by atoms with Gasteiger partial charge in [0.2, 0.25) is 0 Å². The van der Waals surface area contributed by atoms with Gasteiger partial charge in [0.15, 0.2) is 0 Å². The Labute approximate surface area is 142 Å². The number of ether oxygens (including phenoxy) is 1. The molecule has 0 aromatic heterocycles. The van der Waals surface area contributed by atoms with Crippen molar-refractivity contribution in [2.24, 2.45) is 0 Å². The molecule has 0 aromatic rings. The molecule has 0 saturated carbocycles. The third-order valence-corrected chi connectivity index (χ3v) is 3.27. The molecule has 0 atom stereocenters. The second-order valence-electron chi connectivity index (χ2n) is 5.29. The molecule has 23 heavy (non-hydrogen) atoms. The fourth-order valence-electron chi connectivity index (χ4n) is 1.93. The standard InChI is InChI=1S/C21H32O2/c1-3-4-5-6-7-8-9-10-11-12-13-14-15-16-17-18-19-20-21(22)23-2/h3,5-6,8-9,11-12,14-15H,1,4,7,10,13,16-20H2,2H3/b6-5?,9-8?,12-11?,15-14-. The number of unbranched alkanes of at least 4 members (excludes halogenated alkanes) is 3. The van der Waals surface area contributed by atoms with E-state index in [0.717, 1.165) is 51.4 Å². The normalized spacial score (nSPS) is 12.0. The summed E-state index contributed by atoms with van der Waals surface area (Å²) in [6.45, 7) is 3.68. The summed E-state index contributed by atoms with van der Waals surface area (Å²) < 4.78 is 4.61. The molecular weight excluding hydrogens is 284 g/mol. The van der Waals surface area contributed by atoms with Crippen molar-refractivity contribution >= 4 is 5.97 Å². The number of rotatable bonds is 14. The Morgan fingerprint density at radius 1 is 0.783 bits per heavy atom. The SMILES string of the molecule is C=CCC=CCC=CCC=CC/C=C\CCCCCC(=O)OC. The average Bonchev–Trinajstić information content (AvgIpc) is 2.57. The summed E-state index contributed by atoms with van der Waals surface area (Å²) in [5.74, 6) is -0.104. The minimum Gasteiger partial charge on any atom is -0.469 e. The molecule has 0 aliphatic rings. The lowest BCUT2D eigenvalue weighted by atomic mass is 10.1. The quantitative estimate of drug-likeness (QED) is 0.220. The van der Waals surface area contributed by atoms with Gasteiger partial charge in [0.25, 0.3) is 0 Å². The highest BCUT2D eigenvalue weighted by Crippen LogP contribution is 2.05. The fraction of sp³-hybridized carbons (Fsp3) is 0.476. The molecule has 0 N–H and O–H groups in total. The zero-order chi connectivity index (χ0) is 17.0. The highest BCUT2D eigenvalue weighted by Gasteiger charge is 1.97. The van der Waals surface area contributed by atoms with E-state index in [0.29, 0.717) is 6.42 Å². The number of carbonyl (C=O) groups excluding carboxylic acids is 1. The van der Waals surface area contributed by atoms with Gasteiger partial charge < -0.3 is 4.74 Å². The second-order valence-corrected chi connectivity index (χ2v) is 5.29. The van der Waals surface area contributed by atoms with Crippen LogP contribution in [-0.2, 0) is 9.53 Å². The lowest BCUT2D eigenvalue weighted by Crippen LogP contribution is -1.98. The number of methoxy groups -OCH3 is 1. The van der Waals surface area contributed by atoms with E-state index in [-0.39, 0.29) is 5.97 Å². The first-order valence-corrected chi connectivity index (χ1v) is 8.59. The molecule has 0 bridgehead atoms. The monoisotopic (exact) mass is 316 g/mol. The molecule has 0 heterocycles. The molecule has 0 fully saturated rings. The Balaban J connectivity index is 3.40. The molecule has 128 valence electrons. The van der Waals surface area contributed by atoms with E-state index in [9.17, 15) is 4.79 Å². The maximum atomic E-state index is 10.9. The van der Waals surface area contributed by atoms with Crippen LogP contribution >= 0.6 is 0 Å². The average molecular weight is 316 g/mol. The maximum absolute atomic E-state index is 10.9. The lowest BCUT2D eigenvalue weighted by molar-refractivity contribution is -0.140. The molecule has 0 aliphatic heterocycles. The summed E-state index contributed by atoms with van der Waals surface area (Å²) in [7, 11) is 1.44. The largest absolute Gasteiger partial charge is 0.469 e. The molecule has 2 heteroatoms. The maximum Gasteiger partial charge on any atom is 0.305 e. The Kier molecular flexibility index (Phi) is 16.8. The topological polar surface area (TPSA) is 26.3 Å². The zero-order valence-electron chi connectivity index (χ0n) is 14.6. The van der Waals surface area contributed by atoms with Crippen LogP contribution in [0.3, 0.4) is 0 Å². The Morgan fingerprint density at radius 3 is 1.83 bits per heavy atom. The smallest absolute Gasteiger partial charge is 0.305 e. The van der Waals surface area contributed by atoms with Crippen molar-refractivity contribution in [2.45, 2.75) is 57.8 Å². The fourth-order valence-corrected chi connectivity index (χ4v) is 1.93. The van der Waals surface area contributed by atoms with Crippen molar-refractivity contribution in [3.63, 3.8) is 0 Å². The molecule has 0 spiro atoms. The van der Waals surface area contributed by atoms with Crippen molar-refractivity contribution in [1.82, 2.24) is 0 Å². The van der Waals surface area contributed by atoms with Gasteiger partial charge in [0, 0.05) is 6.42 Å². The van der Waals surface area contributed by atoms with Crippen molar-refractivity contribution in [1.29, 1.82) is 0 Å². The molecular formula is C21H32O2. The van der Waals surface area contributed by atoms with Crippen molar-refractivity contribution in [3.05, 3.63) is 61.3 Å². The van der Waals surface area contributed by atoms with Crippen molar-refractivity contribution in [2.75, 3.05) is 7.11 Å². The predicted octanol–water partition coefficient (Wildman–Crippen LogP) is 6.08. The number of hydrogen-bond donors (Lipinski definition) is 0. The predicted molar refractivity (Wildman–Crippen MR) is 100 cm³/mol. The Hall–Kier alpha value is -1.83. The first-order chi connectivity index (χ1) is 11.3. The molecule has 2 nitrogen and oxygen atoms in total. The van der Waals surface area contributed by atoms with Gasteiger partial charge in [-0.2, -0.15) is 0 Å². The van der Waals surface area contributed by atoms with Crippen LogP contribution in [0.4, 0.5) is 0 Å². The van der Waals surface area contributed by atoms with Gasteiger partial charge in [-0.15, -0.1) is 6.58 Å². The molecule has 0 rings (SSSR count). The van der Waals surface area contributed by atoms with Crippen LogP contribution in [0.1, 0.15) is 57.8 Å². The zero-order valence-corrected chi connectivity index (χ0v) is 14.6. The number of allylic oxidation sites excluding steroid dienone is 9. The van der Waals surface area contributed by atoms with Crippen LogP contribution < -0.4 is 0 Å². The summed E-state index contributed by atoms with van der Waals surface area (Å²) in [4.78, 5) is 10.9. The number of esters is 1. The van der Waals surface area contributed by atoms with Gasteiger partial charge in [0.05, 0.1) is 7.11 Å². The molecule has 0 aromatic carbocycles. The van der Waals surface area contributed by atoms with Gasteiger partial charge in [0.1, 0.15) is 0 Å². The lowest BCUT2D eigenvalue weighted by Gasteiger charge is -1.98. The van der Waals surface area contributed by atoms with E-state index in [4.69, 9.17) is 0 Å². The van der Waals surface area contributed by atoms with E-state index in [1.165, 1.54) is 7.11 Å². The molecule has 0 unspecified atom stereocenters. The molecule has 0 aliphatic carbocycles. The van der Waals surface area contributed by atoms with Crippen molar-refractivity contribution in [3.8, 4) is 0 Å². The van der Waals surface area contributed by atoms with Gasteiger partial charge >= 0.3 is 5.97 Å².